The summed E-state index contributed by atoms with van der Waals surface area (Å²) < 4.78 is 25.7. The van der Waals surface area contributed by atoms with Crippen molar-refractivity contribution in [3.63, 3.8) is 0 Å². The Bertz CT molecular complexity index is 309. The van der Waals surface area contributed by atoms with Crippen molar-refractivity contribution in [2.24, 2.45) is 0 Å². The highest BCUT2D eigenvalue weighted by Crippen LogP contribution is 2.45. The Kier molecular flexibility index (Phi) is 1.89. The van der Waals surface area contributed by atoms with E-state index in [4.69, 9.17) is 0 Å². The molecule has 0 atom stereocenters. The molecular formula is C11H12F2O. The molecule has 1 aromatic rings. The van der Waals surface area contributed by atoms with Gasteiger partial charge in [0.15, 0.2) is 0 Å². The van der Waals surface area contributed by atoms with Gasteiger partial charge in [-0.15, -0.1) is 0 Å². The van der Waals surface area contributed by atoms with E-state index in [9.17, 15) is 13.9 Å². The first-order valence-electron chi connectivity index (χ1n) is 4.63. The molecule has 1 N–H and O–H groups in total. The molecule has 2 rings (SSSR count). The molecule has 1 aromatic carbocycles. The SMILES string of the molecule is CC(F)(F)c1ccc(C2(O)CC2)cc1. The van der Waals surface area contributed by atoms with Crippen molar-refractivity contribution in [3.8, 4) is 0 Å². The number of hydrogen-bond donors (Lipinski definition) is 1. The third kappa shape index (κ3) is 1.64. The molecule has 0 radical (unpaired) electrons. The third-order valence-electron chi connectivity index (χ3n) is 2.65. The maximum atomic E-state index is 12.8. The topological polar surface area (TPSA) is 20.2 Å². The molecule has 0 saturated heterocycles. The van der Waals surface area contributed by atoms with Crippen molar-refractivity contribution in [1.29, 1.82) is 0 Å². The van der Waals surface area contributed by atoms with Crippen molar-refractivity contribution in [3.05, 3.63) is 35.4 Å². The Balaban J connectivity index is 2.27. The monoisotopic (exact) mass is 198 g/mol. The molecule has 0 unspecified atom stereocenters. The van der Waals surface area contributed by atoms with Crippen LogP contribution in [0.4, 0.5) is 8.78 Å². The second-order valence-electron chi connectivity index (χ2n) is 4.00. The summed E-state index contributed by atoms with van der Waals surface area (Å²) in [5.41, 5.74) is -0.00216. The number of alkyl halides is 2. The summed E-state index contributed by atoms with van der Waals surface area (Å²) in [6.45, 7) is 0.869. The van der Waals surface area contributed by atoms with Crippen molar-refractivity contribution >= 4 is 0 Å². The Labute approximate surface area is 81.4 Å². The van der Waals surface area contributed by atoms with E-state index in [0.717, 1.165) is 25.3 Å². The number of halogens is 2. The van der Waals surface area contributed by atoms with Crippen molar-refractivity contribution in [2.75, 3.05) is 0 Å². The van der Waals surface area contributed by atoms with E-state index in [0.29, 0.717) is 0 Å². The molecule has 0 bridgehead atoms. The van der Waals surface area contributed by atoms with Crippen molar-refractivity contribution < 1.29 is 13.9 Å². The summed E-state index contributed by atoms with van der Waals surface area (Å²) in [6, 6.07) is 5.93. The van der Waals surface area contributed by atoms with Gasteiger partial charge >= 0.3 is 0 Å². The average Bonchev–Trinajstić information content (AvgIpc) is 2.84. The summed E-state index contributed by atoms with van der Waals surface area (Å²) in [6.07, 6.45) is 1.46. The number of rotatable bonds is 2. The fraction of sp³-hybridized carbons (Fsp3) is 0.455. The van der Waals surface area contributed by atoms with Crippen LogP contribution >= 0.6 is 0 Å². The lowest BCUT2D eigenvalue weighted by Gasteiger charge is -2.13. The molecule has 1 nitrogen and oxygen atoms in total. The predicted octanol–water partition coefficient (Wildman–Crippen LogP) is 2.78. The Morgan fingerprint density at radius 3 is 2.07 bits per heavy atom. The van der Waals surface area contributed by atoms with Gasteiger partial charge in [-0.2, -0.15) is 0 Å². The lowest BCUT2D eigenvalue weighted by atomic mass is 10.0. The minimum atomic E-state index is -2.80. The molecule has 76 valence electrons. The van der Waals surface area contributed by atoms with E-state index >= 15 is 0 Å². The lowest BCUT2D eigenvalue weighted by Crippen LogP contribution is -2.09. The van der Waals surface area contributed by atoms with E-state index in [2.05, 4.69) is 0 Å². The van der Waals surface area contributed by atoms with Gasteiger partial charge < -0.3 is 5.11 Å². The highest BCUT2D eigenvalue weighted by Gasteiger charge is 2.42. The first-order chi connectivity index (χ1) is 6.42. The largest absolute Gasteiger partial charge is 0.385 e. The molecule has 14 heavy (non-hydrogen) atoms. The Hall–Kier alpha value is -0.960. The van der Waals surface area contributed by atoms with Crippen LogP contribution in [0, 0.1) is 0 Å². The Morgan fingerprint density at radius 2 is 1.71 bits per heavy atom. The summed E-state index contributed by atoms with van der Waals surface area (Å²) >= 11 is 0. The van der Waals surface area contributed by atoms with E-state index < -0.39 is 11.5 Å². The molecule has 1 aliphatic rings. The maximum absolute atomic E-state index is 12.8. The molecule has 0 aliphatic heterocycles. The van der Waals surface area contributed by atoms with Gasteiger partial charge in [-0.1, -0.05) is 24.3 Å². The molecule has 0 aromatic heterocycles. The molecule has 0 spiro atoms. The zero-order valence-electron chi connectivity index (χ0n) is 7.93. The first-order valence-corrected chi connectivity index (χ1v) is 4.63. The highest BCUT2D eigenvalue weighted by atomic mass is 19.3. The van der Waals surface area contributed by atoms with Gasteiger partial charge in [-0.05, 0) is 18.4 Å². The van der Waals surface area contributed by atoms with E-state index in [1.807, 2.05) is 0 Å². The average molecular weight is 198 g/mol. The molecule has 3 heteroatoms. The van der Waals surface area contributed by atoms with Gasteiger partial charge in [0.1, 0.15) is 0 Å². The van der Waals surface area contributed by atoms with E-state index in [-0.39, 0.29) is 5.56 Å². The zero-order valence-corrected chi connectivity index (χ0v) is 7.93. The van der Waals surface area contributed by atoms with Crippen molar-refractivity contribution in [1.82, 2.24) is 0 Å². The third-order valence-corrected chi connectivity index (χ3v) is 2.65. The summed E-state index contributed by atoms with van der Waals surface area (Å²) in [7, 11) is 0. The number of aliphatic hydroxyl groups is 1. The Morgan fingerprint density at radius 1 is 1.21 bits per heavy atom. The normalized spacial score (nSPS) is 19.4. The maximum Gasteiger partial charge on any atom is 0.270 e. The van der Waals surface area contributed by atoms with Crippen LogP contribution in [0.2, 0.25) is 0 Å². The molecular weight excluding hydrogens is 186 g/mol. The predicted molar refractivity (Wildman–Crippen MR) is 49.1 cm³/mol. The quantitative estimate of drug-likeness (QED) is 0.774. The minimum Gasteiger partial charge on any atom is -0.385 e. The summed E-state index contributed by atoms with van der Waals surface area (Å²) in [5.74, 6) is -2.80. The summed E-state index contributed by atoms with van der Waals surface area (Å²) in [4.78, 5) is 0. The van der Waals surface area contributed by atoms with Gasteiger partial charge in [0.25, 0.3) is 5.92 Å². The smallest absolute Gasteiger partial charge is 0.270 e. The van der Waals surface area contributed by atoms with Crippen LogP contribution in [0.3, 0.4) is 0 Å². The molecule has 0 heterocycles. The van der Waals surface area contributed by atoms with E-state index in [1.165, 1.54) is 12.1 Å². The van der Waals surface area contributed by atoms with Gasteiger partial charge in [-0.25, -0.2) is 8.78 Å². The van der Waals surface area contributed by atoms with Crippen LogP contribution in [0.25, 0.3) is 0 Å². The summed E-state index contributed by atoms with van der Waals surface area (Å²) in [5, 5.41) is 9.71. The standard InChI is InChI=1S/C11H12F2O/c1-10(12,13)8-2-4-9(5-3-8)11(14)6-7-11/h2-5,14H,6-7H2,1H3. The van der Waals surface area contributed by atoms with Gasteiger partial charge in [0.2, 0.25) is 0 Å². The van der Waals surface area contributed by atoms with Crippen LogP contribution in [0.1, 0.15) is 30.9 Å². The van der Waals surface area contributed by atoms with Crippen LogP contribution in [-0.2, 0) is 11.5 Å². The first kappa shape index (κ1) is 9.59. The zero-order chi connectivity index (χ0) is 10.4. The minimum absolute atomic E-state index is 0.00880. The fourth-order valence-corrected chi connectivity index (χ4v) is 1.48. The van der Waals surface area contributed by atoms with E-state index in [1.54, 1.807) is 12.1 Å². The van der Waals surface area contributed by atoms with Crippen LogP contribution in [-0.4, -0.2) is 5.11 Å². The lowest BCUT2D eigenvalue weighted by molar-refractivity contribution is 0.0173. The van der Waals surface area contributed by atoms with Gasteiger partial charge in [-0.3, -0.25) is 0 Å². The number of benzene rings is 1. The molecule has 0 amide bonds. The van der Waals surface area contributed by atoms with Crippen molar-refractivity contribution in [2.45, 2.75) is 31.3 Å². The van der Waals surface area contributed by atoms with Gasteiger partial charge in [0.05, 0.1) is 5.60 Å². The fourth-order valence-electron chi connectivity index (χ4n) is 1.48. The molecule has 1 fully saturated rings. The second kappa shape index (κ2) is 2.76. The van der Waals surface area contributed by atoms with Crippen LogP contribution in [0.5, 0.6) is 0 Å². The van der Waals surface area contributed by atoms with Crippen LogP contribution < -0.4 is 0 Å². The molecule has 1 aliphatic carbocycles. The molecule has 1 saturated carbocycles. The highest BCUT2D eigenvalue weighted by molar-refractivity contribution is 5.32. The number of hydrogen-bond acceptors (Lipinski definition) is 1. The van der Waals surface area contributed by atoms with Gasteiger partial charge in [0, 0.05) is 12.5 Å². The van der Waals surface area contributed by atoms with Crippen LogP contribution in [0.15, 0.2) is 24.3 Å². The second-order valence-corrected chi connectivity index (χ2v) is 4.00.